The van der Waals surface area contributed by atoms with Crippen molar-refractivity contribution >= 4 is 9.84 Å². The summed E-state index contributed by atoms with van der Waals surface area (Å²) in [5.74, 6) is 0.102. The number of sulfone groups is 1. The Hall–Kier alpha value is -1.11. The Morgan fingerprint density at radius 2 is 2.00 bits per heavy atom. The molecule has 3 atom stereocenters. The van der Waals surface area contributed by atoms with Crippen LogP contribution >= 0.6 is 0 Å². The molecule has 0 aromatic heterocycles. The number of benzene rings is 1. The highest BCUT2D eigenvalue weighted by Crippen LogP contribution is 2.33. The van der Waals surface area contributed by atoms with Gasteiger partial charge in [-0.2, -0.15) is 0 Å². The lowest BCUT2D eigenvalue weighted by Crippen LogP contribution is -2.29. The molecule has 1 aromatic carbocycles. The Bertz CT molecular complexity index is 610. The molecule has 2 unspecified atom stereocenters. The van der Waals surface area contributed by atoms with Crippen LogP contribution in [0.2, 0.25) is 0 Å². The molecule has 0 saturated carbocycles. The number of hydrogen-bond acceptors (Lipinski definition) is 5. The highest BCUT2D eigenvalue weighted by Gasteiger charge is 2.38. The maximum Gasteiger partial charge on any atom is 0.156 e. The molecule has 110 valence electrons. The number of aryl methyl sites for hydroxylation is 1. The van der Waals surface area contributed by atoms with E-state index in [1.807, 2.05) is 6.07 Å². The minimum Gasteiger partial charge on any atom is -0.487 e. The average molecular weight is 298 g/mol. The maximum absolute atomic E-state index is 11.4. The molecule has 0 radical (unpaired) electrons. The van der Waals surface area contributed by atoms with Crippen LogP contribution in [0.25, 0.3) is 0 Å². The van der Waals surface area contributed by atoms with Crippen LogP contribution in [0.5, 0.6) is 5.75 Å². The zero-order valence-electron chi connectivity index (χ0n) is 11.0. The monoisotopic (exact) mass is 298 g/mol. The van der Waals surface area contributed by atoms with Gasteiger partial charge in [0.1, 0.15) is 18.0 Å². The quantitative estimate of drug-likeness (QED) is 0.835. The molecule has 2 N–H and O–H groups in total. The van der Waals surface area contributed by atoms with Crippen LogP contribution < -0.4 is 4.74 Å². The van der Waals surface area contributed by atoms with Crippen LogP contribution in [-0.4, -0.2) is 42.3 Å². The van der Waals surface area contributed by atoms with Gasteiger partial charge in [0.05, 0.1) is 17.6 Å². The third kappa shape index (κ3) is 2.68. The molecule has 20 heavy (non-hydrogen) atoms. The summed E-state index contributed by atoms with van der Waals surface area (Å²) in [6.07, 6.45) is 0.442. The van der Waals surface area contributed by atoms with Gasteiger partial charge >= 0.3 is 0 Å². The number of hydrogen-bond donors (Lipinski definition) is 2. The molecule has 0 bridgehead atoms. The van der Waals surface area contributed by atoms with Gasteiger partial charge in [0.2, 0.25) is 0 Å². The second-order valence-corrected chi connectivity index (χ2v) is 7.72. The standard InChI is InChI=1S/C14H18O5S/c15-12-3-1-2-9-4-5-10(6-11(9)12)19-14-8-20(17,18)7-13(14)16/h4-6,12-16H,1-3,7-8H2/t12-,13?,14?/m1/s1. The van der Waals surface area contributed by atoms with Crippen molar-refractivity contribution in [3.05, 3.63) is 29.3 Å². The van der Waals surface area contributed by atoms with Crippen molar-refractivity contribution in [1.82, 2.24) is 0 Å². The first-order chi connectivity index (χ1) is 9.44. The lowest BCUT2D eigenvalue weighted by Gasteiger charge is -2.23. The highest BCUT2D eigenvalue weighted by atomic mass is 32.2. The van der Waals surface area contributed by atoms with E-state index in [9.17, 15) is 18.6 Å². The molecule has 5 nitrogen and oxygen atoms in total. The summed E-state index contributed by atoms with van der Waals surface area (Å²) in [5, 5.41) is 19.7. The molecule has 3 rings (SSSR count). The Balaban J connectivity index is 1.80. The van der Waals surface area contributed by atoms with Gasteiger partial charge in [0, 0.05) is 0 Å². The minimum atomic E-state index is -3.22. The predicted molar refractivity (Wildman–Crippen MR) is 73.4 cm³/mol. The van der Waals surface area contributed by atoms with Crippen molar-refractivity contribution < 1.29 is 23.4 Å². The third-order valence-corrected chi connectivity index (χ3v) is 5.65. The van der Waals surface area contributed by atoms with Crippen molar-refractivity contribution in [2.75, 3.05) is 11.5 Å². The molecule has 1 aliphatic carbocycles. The van der Waals surface area contributed by atoms with Crippen LogP contribution in [0, 0.1) is 0 Å². The first kappa shape index (κ1) is 13.9. The summed E-state index contributed by atoms with van der Waals surface area (Å²) in [4.78, 5) is 0. The number of aliphatic hydroxyl groups excluding tert-OH is 2. The summed E-state index contributed by atoms with van der Waals surface area (Å²) in [6.45, 7) is 0. The van der Waals surface area contributed by atoms with Crippen molar-refractivity contribution in [2.24, 2.45) is 0 Å². The number of rotatable bonds is 2. The summed E-state index contributed by atoms with van der Waals surface area (Å²) in [6, 6.07) is 5.44. The Morgan fingerprint density at radius 1 is 1.20 bits per heavy atom. The number of ether oxygens (including phenoxy) is 1. The lowest BCUT2D eigenvalue weighted by atomic mass is 9.89. The summed E-state index contributed by atoms with van der Waals surface area (Å²) >= 11 is 0. The lowest BCUT2D eigenvalue weighted by molar-refractivity contribution is 0.0733. The minimum absolute atomic E-state index is 0.159. The summed E-state index contributed by atoms with van der Waals surface area (Å²) < 4.78 is 28.5. The van der Waals surface area contributed by atoms with Crippen LogP contribution in [0.15, 0.2) is 18.2 Å². The molecule has 2 aliphatic rings. The molecule has 1 fully saturated rings. The van der Waals surface area contributed by atoms with E-state index in [2.05, 4.69) is 0 Å². The molecule has 1 saturated heterocycles. The molecule has 0 spiro atoms. The van der Waals surface area contributed by atoms with Gasteiger partial charge in [-0.25, -0.2) is 8.42 Å². The fourth-order valence-electron chi connectivity index (χ4n) is 2.91. The van der Waals surface area contributed by atoms with Crippen LogP contribution in [-0.2, 0) is 16.3 Å². The van der Waals surface area contributed by atoms with E-state index >= 15 is 0 Å². The first-order valence-corrected chi connectivity index (χ1v) is 8.63. The van der Waals surface area contributed by atoms with Gasteiger partial charge in [0.25, 0.3) is 0 Å². The van der Waals surface area contributed by atoms with Crippen molar-refractivity contribution in [2.45, 2.75) is 37.6 Å². The van der Waals surface area contributed by atoms with E-state index in [0.717, 1.165) is 30.4 Å². The second-order valence-electron chi connectivity index (χ2n) is 5.57. The molecule has 1 aliphatic heterocycles. The molecule has 1 heterocycles. The van der Waals surface area contributed by atoms with Crippen LogP contribution in [0.1, 0.15) is 30.1 Å². The highest BCUT2D eigenvalue weighted by molar-refractivity contribution is 7.91. The molecule has 6 heteroatoms. The smallest absolute Gasteiger partial charge is 0.156 e. The fourth-order valence-corrected chi connectivity index (χ4v) is 4.57. The van der Waals surface area contributed by atoms with Crippen LogP contribution in [0.3, 0.4) is 0 Å². The molecule has 1 aromatic rings. The van der Waals surface area contributed by atoms with E-state index < -0.39 is 28.1 Å². The Labute approximate surface area is 118 Å². The van der Waals surface area contributed by atoms with Crippen LogP contribution in [0.4, 0.5) is 0 Å². The van der Waals surface area contributed by atoms with E-state index in [1.165, 1.54) is 0 Å². The Kier molecular flexibility index (Phi) is 3.48. The molecular weight excluding hydrogens is 280 g/mol. The van der Waals surface area contributed by atoms with Gasteiger partial charge in [-0.1, -0.05) is 6.07 Å². The summed E-state index contributed by atoms with van der Waals surface area (Å²) in [5.41, 5.74) is 1.96. The van der Waals surface area contributed by atoms with Gasteiger partial charge in [0.15, 0.2) is 9.84 Å². The normalized spacial score (nSPS) is 31.8. The topological polar surface area (TPSA) is 83.8 Å². The number of aliphatic hydroxyl groups is 2. The number of fused-ring (bicyclic) bond motifs is 1. The molecular formula is C14H18O5S. The van der Waals surface area contributed by atoms with Gasteiger partial charge in [-0.05, 0) is 42.5 Å². The van der Waals surface area contributed by atoms with Gasteiger partial charge in [-0.15, -0.1) is 0 Å². The van der Waals surface area contributed by atoms with Gasteiger partial charge in [-0.3, -0.25) is 0 Å². The molecule has 0 amide bonds. The average Bonchev–Trinajstić information content (AvgIpc) is 2.63. The third-order valence-electron chi connectivity index (χ3n) is 3.96. The maximum atomic E-state index is 11.4. The van der Waals surface area contributed by atoms with E-state index in [0.29, 0.717) is 5.75 Å². The van der Waals surface area contributed by atoms with Crippen molar-refractivity contribution in [1.29, 1.82) is 0 Å². The SMILES string of the molecule is O=S1(=O)CC(O)C(Oc2ccc3c(c2)[C@H](O)CCC3)C1. The van der Waals surface area contributed by atoms with Crippen molar-refractivity contribution in [3.8, 4) is 5.75 Å². The largest absolute Gasteiger partial charge is 0.487 e. The van der Waals surface area contributed by atoms with Gasteiger partial charge < -0.3 is 14.9 Å². The van der Waals surface area contributed by atoms with E-state index in [4.69, 9.17) is 4.74 Å². The predicted octanol–water partition coefficient (Wildman–Crippen LogP) is 0.593. The fraction of sp³-hybridized carbons (Fsp3) is 0.571. The zero-order valence-corrected chi connectivity index (χ0v) is 11.8. The Morgan fingerprint density at radius 3 is 2.70 bits per heavy atom. The first-order valence-electron chi connectivity index (χ1n) is 6.81. The van der Waals surface area contributed by atoms with E-state index in [1.54, 1.807) is 12.1 Å². The van der Waals surface area contributed by atoms with E-state index in [-0.39, 0.29) is 11.5 Å². The zero-order chi connectivity index (χ0) is 14.3. The summed E-state index contributed by atoms with van der Waals surface area (Å²) in [7, 11) is -3.22. The second kappa shape index (κ2) is 5.02. The van der Waals surface area contributed by atoms with Crippen molar-refractivity contribution in [3.63, 3.8) is 0 Å².